The van der Waals surface area contributed by atoms with Gasteiger partial charge in [0.15, 0.2) is 16.6 Å². The molecule has 0 saturated carbocycles. The smallest absolute Gasteiger partial charge is 0.335 e. The number of nitrogens with one attached hydrogen (secondary N) is 1. The van der Waals surface area contributed by atoms with Gasteiger partial charge in [-0.2, -0.15) is 0 Å². The van der Waals surface area contributed by atoms with E-state index in [0.717, 1.165) is 4.90 Å². The first kappa shape index (κ1) is 22.7. The van der Waals surface area contributed by atoms with Crippen LogP contribution in [-0.2, 0) is 9.59 Å². The summed E-state index contributed by atoms with van der Waals surface area (Å²) in [6.45, 7) is 6.12. The second-order valence-corrected chi connectivity index (χ2v) is 6.94. The van der Waals surface area contributed by atoms with Crippen molar-refractivity contribution >= 4 is 46.9 Å². The van der Waals surface area contributed by atoms with Crippen LogP contribution in [-0.4, -0.2) is 41.2 Å². The minimum absolute atomic E-state index is 0.0167. The van der Waals surface area contributed by atoms with Crippen molar-refractivity contribution in [3.05, 3.63) is 71.8 Å². The van der Waals surface area contributed by atoms with E-state index >= 15 is 0 Å². The maximum atomic E-state index is 13.1. The number of ether oxygens (including phenoxy) is 2. The average Bonchev–Trinajstić information content (AvgIpc) is 2.76. The lowest BCUT2D eigenvalue weighted by Gasteiger charge is -2.29. The summed E-state index contributed by atoms with van der Waals surface area (Å²) in [6, 6.07) is 10.7. The van der Waals surface area contributed by atoms with Gasteiger partial charge in [-0.25, -0.2) is 4.79 Å². The number of aromatic carboxylic acids is 1. The fraction of sp³-hybridized carbons (Fsp3) is 0.130. The van der Waals surface area contributed by atoms with Gasteiger partial charge in [0.25, 0.3) is 11.8 Å². The molecule has 0 radical (unpaired) electrons. The highest BCUT2D eigenvalue weighted by atomic mass is 32.1. The van der Waals surface area contributed by atoms with E-state index in [4.69, 9.17) is 21.7 Å². The highest BCUT2D eigenvalue weighted by Gasteiger charge is 2.34. The van der Waals surface area contributed by atoms with Crippen LogP contribution >= 0.6 is 12.2 Å². The van der Waals surface area contributed by atoms with Gasteiger partial charge >= 0.3 is 5.97 Å². The van der Waals surface area contributed by atoms with Gasteiger partial charge in [0.2, 0.25) is 0 Å². The fourth-order valence-electron chi connectivity index (χ4n) is 2.99. The largest absolute Gasteiger partial charge is 0.490 e. The molecule has 0 spiro atoms. The molecular formula is C23H20N2O6S. The molecule has 0 atom stereocenters. The lowest BCUT2D eigenvalue weighted by molar-refractivity contribution is -0.122. The van der Waals surface area contributed by atoms with E-state index in [1.54, 1.807) is 24.3 Å². The first-order chi connectivity index (χ1) is 15.3. The summed E-state index contributed by atoms with van der Waals surface area (Å²) in [5, 5.41) is 11.6. The van der Waals surface area contributed by atoms with Crippen LogP contribution in [0.1, 0.15) is 22.8 Å². The lowest BCUT2D eigenvalue weighted by Crippen LogP contribution is -2.54. The zero-order chi connectivity index (χ0) is 23.3. The number of carboxylic acid groups (broad SMARTS) is 1. The van der Waals surface area contributed by atoms with Crippen LogP contribution in [0, 0.1) is 0 Å². The van der Waals surface area contributed by atoms with E-state index < -0.39 is 17.8 Å². The summed E-state index contributed by atoms with van der Waals surface area (Å²) in [5.74, 6) is -1.53. The van der Waals surface area contributed by atoms with E-state index in [-0.39, 0.29) is 21.9 Å². The molecule has 1 saturated heterocycles. The molecule has 8 nitrogen and oxygen atoms in total. The number of carbonyl (C=O) groups excluding carboxylic acids is 2. The SMILES string of the molecule is C=CCOc1ccc(C=C2C(=O)NC(=S)N(c3cccc(C(=O)O)c3)C2=O)cc1OCC. The van der Waals surface area contributed by atoms with Gasteiger partial charge in [-0.3, -0.25) is 19.8 Å². The molecule has 0 unspecified atom stereocenters. The molecule has 9 heteroatoms. The van der Waals surface area contributed by atoms with Gasteiger partial charge in [-0.1, -0.05) is 24.8 Å². The van der Waals surface area contributed by atoms with Gasteiger partial charge in [0.05, 0.1) is 17.9 Å². The Labute approximate surface area is 189 Å². The Balaban J connectivity index is 1.99. The van der Waals surface area contributed by atoms with Crippen LogP contribution in [0.2, 0.25) is 0 Å². The molecule has 0 aromatic heterocycles. The van der Waals surface area contributed by atoms with Crippen LogP contribution in [0.3, 0.4) is 0 Å². The standard InChI is InChI=1S/C23H20N2O6S/c1-3-10-31-18-9-8-14(12-19(18)30-4-2)11-17-20(26)24-23(32)25(21(17)27)16-7-5-6-15(13-16)22(28)29/h3,5-9,11-13H,1,4,10H2,2H3,(H,28,29)(H,24,26,32). The van der Waals surface area contributed by atoms with Crippen molar-refractivity contribution in [1.29, 1.82) is 0 Å². The molecule has 2 amide bonds. The van der Waals surface area contributed by atoms with Crippen molar-refractivity contribution in [2.45, 2.75) is 6.92 Å². The highest BCUT2D eigenvalue weighted by Crippen LogP contribution is 2.30. The minimum atomic E-state index is -1.15. The van der Waals surface area contributed by atoms with Crippen molar-refractivity contribution in [3.63, 3.8) is 0 Å². The first-order valence-corrected chi connectivity index (χ1v) is 10.0. The Morgan fingerprint density at radius 1 is 1.19 bits per heavy atom. The van der Waals surface area contributed by atoms with E-state index in [1.165, 1.54) is 30.3 Å². The van der Waals surface area contributed by atoms with Gasteiger partial charge < -0.3 is 14.6 Å². The Hall–Kier alpha value is -3.98. The van der Waals surface area contributed by atoms with Crippen LogP contribution in [0.5, 0.6) is 11.5 Å². The number of hydrogen-bond donors (Lipinski definition) is 2. The molecular weight excluding hydrogens is 432 g/mol. The molecule has 0 aliphatic carbocycles. The molecule has 0 bridgehead atoms. The normalized spacial score (nSPS) is 14.8. The predicted molar refractivity (Wildman–Crippen MR) is 123 cm³/mol. The van der Waals surface area contributed by atoms with Gasteiger partial charge in [0, 0.05) is 0 Å². The monoisotopic (exact) mass is 452 g/mol. The Morgan fingerprint density at radius 3 is 2.66 bits per heavy atom. The third-order valence-electron chi connectivity index (χ3n) is 4.39. The Morgan fingerprint density at radius 2 is 1.97 bits per heavy atom. The number of thiocarbonyl (C=S) groups is 1. The number of amides is 2. The maximum Gasteiger partial charge on any atom is 0.335 e. The van der Waals surface area contributed by atoms with Crippen molar-refractivity contribution in [2.24, 2.45) is 0 Å². The predicted octanol–water partition coefficient (Wildman–Crippen LogP) is 3.18. The second-order valence-electron chi connectivity index (χ2n) is 6.55. The number of hydrogen-bond acceptors (Lipinski definition) is 6. The number of nitrogens with zero attached hydrogens (tertiary/aromatic N) is 1. The first-order valence-electron chi connectivity index (χ1n) is 9.61. The maximum absolute atomic E-state index is 13.1. The summed E-state index contributed by atoms with van der Waals surface area (Å²) in [5.41, 5.74) is 0.581. The number of anilines is 1. The summed E-state index contributed by atoms with van der Waals surface area (Å²) in [7, 11) is 0. The number of benzene rings is 2. The fourth-order valence-corrected chi connectivity index (χ4v) is 3.27. The van der Waals surface area contributed by atoms with Gasteiger partial charge in [-0.15, -0.1) is 0 Å². The van der Waals surface area contributed by atoms with Crippen molar-refractivity contribution in [1.82, 2.24) is 5.32 Å². The van der Waals surface area contributed by atoms with Crippen molar-refractivity contribution in [2.75, 3.05) is 18.1 Å². The van der Waals surface area contributed by atoms with E-state index in [1.807, 2.05) is 6.92 Å². The molecule has 3 rings (SSSR count). The van der Waals surface area contributed by atoms with E-state index in [2.05, 4.69) is 11.9 Å². The third kappa shape index (κ3) is 4.84. The topological polar surface area (TPSA) is 105 Å². The number of carboxylic acids is 1. The van der Waals surface area contributed by atoms with Crippen LogP contribution in [0.15, 0.2) is 60.7 Å². The third-order valence-corrected chi connectivity index (χ3v) is 4.67. The number of carbonyl (C=O) groups is 3. The summed E-state index contributed by atoms with van der Waals surface area (Å²) >= 11 is 5.16. The zero-order valence-electron chi connectivity index (χ0n) is 17.2. The molecule has 1 aliphatic rings. The molecule has 1 fully saturated rings. The molecule has 1 aliphatic heterocycles. The number of rotatable bonds is 8. The summed E-state index contributed by atoms with van der Waals surface area (Å²) in [4.78, 5) is 38.0. The molecule has 2 aromatic carbocycles. The molecule has 164 valence electrons. The summed E-state index contributed by atoms with van der Waals surface area (Å²) < 4.78 is 11.2. The highest BCUT2D eigenvalue weighted by molar-refractivity contribution is 7.80. The van der Waals surface area contributed by atoms with Gasteiger partial charge in [0.1, 0.15) is 12.2 Å². The van der Waals surface area contributed by atoms with Crippen LogP contribution < -0.4 is 19.7 Å². The van der Waals surface area contributed by atoms with Crippen LogP contribution in [0.25, 0.3) is 6.08 Å². The second kappa shape index (κ2) is 9.88. The van der Waals surface area contributed by atoms with Crippen molar-refractivity contribution in [3.8, 4) is 11.5 Å². The average molecular weight is 452 g/mol. The zero-order valence-corrected chi connectivity index (χ0v) is 18.0. The van der Waals surface area contributed by atoms with Gasteiger partial charge in [-0.05, 0) is 61.1 Å². The van der Waals surface area contributed by atoms with Crippen LogP contribution in [0.4, 0.5) is 5.69 Å². The lowest BCUT2D eigenvalue weighted by atomic mass is 10.1. The molecule has 2 aromatic rings. The van der Waals surface area contributed by atoms with E-state index in [0.29, 0.717) is 30.3 Å². The quantitative estimate of drug-likeness (QED) is 0.274. The Kier molecular flexibility index (Phi) is 7.01. The molecule has 2 N–H and O–H groups in total. The van der Waals surface area contributed by atoms with Crippen molar-refractivity contribution < 1.29 is 29.0 Å². The molecule has 32 heavy (non-hydrogen) atoms. The van der Waals surface area contributed by atoms with E-state index in [9.17, 15) is 19.5 Å². The minimum Gasteiger partial charge on any atom is -0.490 e. The molecule has 1 heterocycles. The summed E-state index contributed by atoms with van der Waals surface area (Å²) in [6.07, 6.45) is 3.01. The Bertz CT molecular complexity index is 1140.